The van der Waals surface area contributed by atoms with Crippen molar-refractivity contribution in [1.82, 2.24) is 0 Å². The first-order valence-electron chi connectivity index (χ1n) is 6.01. The summed E-state index contributed by atoms with van der Waals surface area (Å²) in [5.74, 6) is 0.119. The number of carbonyl (C=O) groups excluding carboxylic acids is 1. The lowest BCUT2D eigenvalue weighted by atomic mass is 10.1. The van der Waals surface area contributed by atoms with Gasteiger partial charge in [-0.15, -0.1) is 0 Å². The molecule has 1 rings (SSSR count). The molecule has 1 atom stereocenters. The summed E-state index contributed by atoms with van der Waals surface area (Å²) in [6.07, 6.45) is 1.23. The molecule has 0 aliphatic heterocycles. The highest BCUT2D eigenvalue weighted by Gasteiger charge is 2.15. The van der Waals surface area contributed by atoms with Gasteiger partial charge in [0.05, 0.1) is 18.8 Å². The van der Waals surface area contributed by atoms with Gasteiger partial charge in [0.15, 0.2) is 0 Å². The number of benzene rings is 1. The summed E-state index contributed by atoms with van der Waals surface area (Å²) in [6, 6.07) is 4.00. The van der Waals surface area contributed by atoms with Gasteiger partial charge in [-0.25, -0.2) is 0 Å². The maximum Gasteiger partial charge on any atom is 0.241 e. The van der Waals surface area contributed by atoms with Gasteiger partial charge in [0.1, 0.15) is 11.5 Å². The van der Waals surface area contributed by atoms with Crippen LogP contribution >= 0.6 is 0 Å². The third-order valence-electron chi connectivity index (χ3n) is 2.66. The first-order chi connectivity index (χ1) is 9.08. The number of hydrogen-bond donors (Lipinski definition) is 3. The molecule has 0 spiro atoms. The highest BCUT2D eigenvalue weighted by atomic mass is 16.5. The summed E-state index contributed by atoms with van der Waals surface area (Å²) < 4.78 is 9.85. The Morgan fingerprint density at radius 1 is 1.47 bits per heavy atom. The van der Waals surface area contributed by atoms with E-state index in [0.29, 0.717) is 30.9 Å². The lowest BCUT2D eigenvalue weighted by molar-refractivity contribution is -0.117. The SMILES string of the molecule is COCCCC(N)C(=O)Nc1ccc(OC)cc1O. The van der Waals surface area contributed by atoms with Gasteiger partial charge >= 0.3 is 0 Å². The van der Waals surface area contributed by atoms with Crippen molar-refractivity contribution in [2.45, 2.75) is 18.9 Å². The quantitative estimate of drug-likeness (QED) is 0.508. The van der Waals surface area contributed by atoms with Crippen molar-refractivity contribution >= 4 is 11.6 Å². The van der Waals surface area contributed by atoms with Crippen molar-refractivity contribution in [2.75, 3.05) is 26.1 Å². The summed E-state index contributed by atoms with van der Waals surface area (Å²) in [4.78, 5) is 11.8. The molecule has 0 saturated carbocycles. The molecule has 1 unspecified atom stereocenters. The predicted molar refractivity (Wildman–Crippen MR) is 72.4 cm³/mol. The third-order valence-corrected chi connectivity index (χ3v) is 2.66. The van der Waals surface area contributed by atoms with Gasteiger partial charge in [0.25, 0.3) is 0 Å². The molecule has 0 heterocycles. The lowest BCUT2D eigenvalue weighted by Gasteiger charge is -2.13. The predicted octanol–water partition coefficient (Wildman–Crippen LogP) is 1.09. The van der Waals surface area contributed by atoms with Crippen molar-refractivity contribution in [3.8, 4) is 11.5 Å². The topological polar surface area (TPSA) is 93.8 Å². The Morgan fingerprint density at radius 2 is 2.21 bits per heavy atom. The van der Waals surface area contributed by atoms with Crippen LogP contribution in [0.15, 0.2) is 18.2 Å². The van der Waals surface area contributed by atoms with Crippen molar-refractivity contribution in [3.63, 3.8) is 0 Å². The Labute approximate surface area is 112 Å². The van der Waals surface area contributed by atoms with E-state index in [1.54, 1.807) is 19.2 Å². The number of phenolic OH excluding ortho intramolecular Hbond substituents is 1. The van der Waals surface area contributed by atoms with Gasteiger partial charge < -0.3 is 25.6 Å². The minimum Gasteiger partial charge on any atom is -0.506 e. The van der Waals surface area contributed by atoms with Crippen LogP contribution in [0.25, 0.3) is 0 Å². The van der Waals surface area contributed by atoms with Crippen LogP contribution < -0.4 is 15.8 Å². The highest BCUT2D eigenvalue weighted by molar-refractivity contribution is 5.95. The molecule has 4 N–H and O–H groups in total. The highest BCUT2D eigenvalue weighted by Crippen LogP contribution is 2.27. The van der Waals surface area contributed by atoms with E-state index in [4.69, 9.17) is 15.2 Å². The Morgan fingerprint density at radius 3 is 2.79 bits per heavy atom. The zero-order valence-electron chi connectivity index (χ0n) is 11.2. The number of rotatable bonds is 7. The Hall–Kier alpha value is -1.79. The van der Waals surface area contributed by atoms with Gasteiger partial charge in [-0.05, 0) is 25.0 Å². The molecular weight excluding hydrogens is 248 g/mol. The molecule has 0 aromatic heterocycles. The lowest BCUT2D eigenvalue weighted by Crippen LogP contribution is -2.35. The van der Waals surface area contributed by atoms with Crippen molar-refractivity contribution in [1.29, 1.82) is 0 Å². The fourth-order valence-corrected chi connectivity index (χ4v) is 1.55. The summed E-state index contributed by atoms with van der Waals surface area (Å²) in [6.45, 7) is 0.564. The molecule has 1 amide bonds. The molecule has 1 aromatic carbocycles. The van der Waals surface area contributed by atoms with E-state index in [9.17, 15) is 9.90 Å². The summed E-state index contributed by atoms with van der Waals surface area (Å²) in [5.41, 5.74) is 6.05. The van der Waals surface area contributed by atoms with Crippen LogP contribution in [-0.2, 0) is 9.53 Å². The van der Waals surface area contributed by atoms with E-state index in [1.807, 2.05) is 0 Å². The minimum atomic E-state index is -0.628. The maximum absolute atomic E-state index is 11.8. The Bertz CT molecular complexity index is 423. The number of hydrogen-bond acceptors (Lipinski definition) is 5. The smallest absolute Gasteiger partial charge is 0.241 e. The second-order valence-corrected chi connectivity index (χ2v) is 4.11. The average molecular weight is 268 g/mol. The van der Waals surface area contributed by atoms with Crippen LogP contribution in [0.3, 0.4) is 0 Å². The molecule has 19 heavy (non-hydrogen) atoms. The number of ether oxygens (including phenoxy) is 2. The van der Waals surface area contributed by atoms with Crippen molar-refractivity contribution in [3.05, 3.63) is 18.2 Å². The zero-order valence-corrected chi connectivity index (χ0v) is 11.2. The van der Waals surface area contributed by atoms with Crippen LogP contribution in [0.5, 0.6) is 11.5 Å². The largest absolute Gasteiger partial charge is 0.506 e. The first kappa shape index (κ1) is 15.3. The second-order valence-electron chi connectivity index (χ2n) is 4.11. The van der Waals surface area contributed by atoms with E-state index < -0.39 is 6.04 Å². The molecule has 6 nitrogen and oxygen atoms in total. The summed E-state index contributed by atoms with van der Waals surface area (Å²) in [7, 11) is 3.10. The van der Waals surface area contributed by atoms with Crippen LogP contribution in [0.4, 0.5) is 5.69 Å². The number of carbonyl (C=O) groups is 1. The summed E-state index contributed by atoms with van der Waals surface area (Å²) in [5, 5.41) is 12.3. The van der Waals surface area contributed by atoms with Gasteiger partial charge in [-0.1, -0.05) is 0 Å². The van der Waals surface area contributed by atoms with E-state index in [0.717, 1.165) is 0 Å². The number of methoxy groups -OCH3 is 2. The average Bonchev–Trinajstić information content (AvgIpc) is 2.41. The monoisotopic (exact) mass is 268 g/mol. The molecule has 0 aliphatic rings. The van der Waals surface area contributed by atoms with Gasteiger partial charge in [-0.3, -0.25) is 4.79 Å². The van der Waals surface area contributed by atoms with Gasteiger partial charge in [-0.2, -0.15) is 0 Å². The number of nitrogens with one attached hydrogen (secondary N) is 1. The van der Waals surface area contributed by atoms with Gasteiger partial charge in [0, 0.05) is 19.8 Å². The summed E-state index contributed by atoms with van der Waals surface area (Å²) >= 11 is 0. The fourth-order valence-electron chi connectivity index (χ4n) is 1.55. The van der Waals surface area contributed by atoms with E-state index in [1.165, 1.54) is 13.2 Å². The normalized spacial score (nSPS) is 11.9. The Balaban J connectivity index is 2.56. The number of phenols is 1. The van der Waals surface area contributed by atoms with Crippen molar-refractivity contribution in [2.24, 2.45) is 5.73 Å². The van der Waals surface area contributed by atoms with Crippen LogP contribution in [-0.4, -0.2) is 37.9 Å². The van der Waals surface area contributed by atoms with Crippen molar-refractivity contribution < 1.29 is 19.4 Å². The first-order valence-corrected chi connectivity index (χ1v) is 6.01. The molecule has 106 valence electrons. The van der Waals surface area contributed by atoms with E-state index >= 15 is 0 Å². The van der Waals surface area contributed by atoms with Gasteiger partial charge in [0.2, 0.25) is 5.91 Å². The van der Waals surface area contributed by atoms with Crippen LogP contribution in [0.1, 0.15) is 12.8 Å². The second kappa shape index (κ2) is 7.60. The molecule has 0 radical (unpaired) electrons. The van der Waals surface area contributed by atoms with E-state index in [-0.39, 0.29) is 11.7 Å². The fraction of sp³-hybridized carbons (Fsp3) is 0.462. The molecule has 0 fully saturated rings. The molecule has 0 bridgehead atoms. The number of anilines is 1. The van der Waals surface area contributed by atoms with Crippen LogP contribution in [0.2, 0.25) is 0 Å². The number of nitrogens with two attached hydrogens (primary N) is 1. The van der Waals surface area contributed by atoms with E-state index in [2.05, 4.69) is 5.32 Å². The number of aromatic hydroxyl groups is 1. The standard InChI is InChI=1S/C13H20N2O4/c1-18-7-3-4-10(14)13(17)15-11-6-5-9(19-2)8-12(11)16/h5-6,8,10,16H,3-4,7,14H2,1-2H3,(H,15,17). The number of amides is 1. The van der Waals surface area contributed by atoms with Crippen LogP contribution in [0, 0.1) is 0 Å². The molecule has 1 aromatic rings. The molecule has 0 saturated heterocycles. The molecule has 6 heteroatoms. The molecule has 0 aliphatic carbocycles. The zero-order chi connectivity index (χ0) is 14.3. The third kappa shape index (κ3) is 4.76. The molecular formula is C13H20N2O4. The maximum atomic E-state index is 11.8. The Kier molecular flexibility index (Phi) is 6.11. The minimum absolute atomic E-state index is 0.0585.